The minimum Gasteiger partial charge on any atom is -0.295 e. The second-order valence-corrected chi connectivity index (χ2v) is 12.1. The smallest absolute Gasteiger partial charge is 0.275 e. The van der Waals surface area contributed by atoms with Crippen LogP contribution < -0.4 is 5.56 Å². The molecule has 0 radical (unpaired) electrons. The van der Waals surface area contributed by atoms with E-state index < -0.39 is 10.0 Å². The van der Waals surface area contributed by atoms with Gasteiger partial charge in [0, 0.05) is 38.8 Å². The highest BCUT2D eigenvalue weighted by Crippen LogP contribution is 2.33. The zero-order chi connectivity index (χ0) is 23.0. The normalized spacial score (nSPS) is 19.3. The maximum atomic E-state index is 13.2. The van der Waals surface area contributed by atoms with Gasteiger partial charge in [0.25, 0.3) is 5.56 Å². The Morgan fingerprint density at radius 2 is 1.73 bits per heavy atom. The molecule has 1 aliphatic carbocycles. The van der Waals surface area contributed by atoms with Crippen LogP contribution in [0.3, 0.4) is 0 Å². The Morgan fingerprint density at radius 1 is 1.03 bits per heavy atom. The number of fused-ring (bicyclic) bond motifs is 1. The van der Waals surface area contributed by atoms with Gasteiger partial charge in [-0.2, -0.15) is 13.9 Å². The second-order valence-electron chi connectivity index (χ2n) is 8.99. The number of aryl methyl sites for hydroxylation is 1. The monoisotopic (exact) mass is 487 g/mol. The summed E-state index contributed by atoms with van der Waals surface area (Å²) in [6.07, 6.45) is 6.23. The predicted molar refractivity (Wildman–Crippen MR) is 128 cm³/mol. The van der Waals surface area contributed by atoms with Crippen molar-refractivity contribution in [2.24, 2.45) is 0 Å². The van der Waals surface area contributed by atoms with Crippen LogP contribution in [-0.2, 0) is 16.6 Å². The minimum absolute atomic E-state index is 0.183. The Balaban J connectivity index is 1.22. The number of hydrogen-bond donors (Lipinski definition) is 0. The third kappa shape index (κ3) is 4.75. The van der Waals surface area contributed by atoms with Gasteiger partial charge in [0.2, 0.25) is 15.0 Å². The van der Waals surface area contributed by atoms with Gasteiger partial charge in [0.1, 0.15) is 5.01 Å². The molecular formula is C23H29N5O3S2. The van der Waals surface area contributed by atoms with Gasteiger partial charge >= 0.3 is 0 Å². The van der Waals surface area contributed by atoms with E-state index in [2.05, 4.69) is 15.0 Å². The van der Waals surface area contributed by atoms with E-state index in [1.165, 1.54) is 59.6 Å². The molecule has 2 aliphatic rings. The lowest BCUT2D eigenvalue weighted by molar-refractivity contribution is 0.180. The summed E-state index contributed by atoms with van der Waals surface area (Å²) >= 11 is 1.39. The maximum absolute atomic E-state index is 13.2. The quantitative estimate of drug-likeness (QED) is 0.550. The molecule has 3 heterocycles. The van der Waals surface area contributed by atoms with E-state index in [-0.39, 0.29) is 5.56 Å². The Morgan fingerprint density at radius 3 is 2.42 bits per heavy atom. The van der Waals surface area contributed by atoms with E-state index in [1.807, 2.05) is 19.1 Å². The van der Waals surface area contributed by atoms with Crippen molar-refractivity contribution in [1.29, 1.82) is 0 Å². The molecule has 10 heteroatoms. The van der Waals surface area contributed by atoms with Crippen molar-refractivity contribution in [2.45, 2.75) is 56.4 Å². The van der Waals surface area contributed by atoms with Crippen LogP contribution >= 0.6 is 11.3 Å². The van der Waals surface area contributed by atoms with Crippen molar-refractivity contribution in [3.63, 3.8) is 0 Å². The molecule has 5 rings (SSSR count). The zero-order valence-corrected chi connectivity index (χ0v) is 20.4. The fourth-order valence-corrected chi connectivity index (χ4v) is 7.08. The molecule has 1 aromatic carbocycles. The molecule has 2 aromatic heterocycles. The number of nitrogens with zero attached hydrogens (tertiary/aromatic N) is 5. The Hall–Kier alpha value is -2.14. The lowest BCUT2D eigenvalue weighted by atomic mass is 9.84. The molecule has 0 atom stereocenters. The molecule has 0 spiro atoms. The summed E-state index contributed by atoms with van der Waals surface area (Å²) in [5.74, 6) is 0.564. The minimum atomic E-state index is -3.51. The molecule has 2 fully saturated rings. The topological polar surface area (TPSA) is 87.9 Å². The lowest BCUT2D eigenvalue weighted by Gasteiger charge is -2.33. The van der Waals surface area contributed by atoms with Crippen LogP contribution in [0.25, 0.3) is 4.96 Å². The zero-order valence-electron chi connectivity index (χ0n) is 18.8. The van der Waals surface area contributed by atoms with Crippen molar-refractivity contribution < 1.29 is 8.42 Å². The number of hydrogen-bond acceptors (Lipinski definition) is 7. The fourth-order valence-electron chi connectivity index (χ4n) is 4.89. The van der Waals surface area contributed by atoms with Crippen LogP contribution in [0.5, 0.6) is 0 Å². The molecule has 0 unspecified atom stereocenters. The van der Waals surface area contributed by atoms with Gasteiger partial charge in [-0.3, -0.25) is 9.69 Å². The van der Waals surface area contributed by atoms with Crippen LogP contribution in [0.2, 0.25) is 0 Å². The number of rotatable bonds is 5. The molecule has 3 aromatic rings. The molecular weight excluding hydrogens is 458 g/mol. The molecule has 0 amide bonds. The van der Waals surface area contributed by atoms with Gasteiger partial charge in [-0.05, 0) is 43.4 Å². The highest BCUT2D eigenvalue weighted by atomic mass is 32.2. The summed E-state index contributed by atoms with van der Waals surface area (Å²) in [4.78, 5) is 19.9. The average Bonchev–Trinajstić information content (AvgIpc) is 3.21. The van der Waals surface area contributed by atoms with Crippen molar-refractivity contribution in [2.75, 3.05) is 26.2 Å². The number of benzene rings is 1. The second kappa shape index (κ2) is 9.25. The Labute approximate surface area is 197 Å². The first-order valence-corrected chi connectivity index (χ1v) is 13.8. The highest BCUT2D eigenvalue weighted by molar-refractivity contribution is 7.89. The molecule has 33 heavy (non-hydrogen) atoms. The van der Waals surface area contributed by atoms with Gasteiger partial charge in [-0.25, -0.2) is 13.4 Å². The third-order valence-corrected chi connectivity index (χ3v) is 9.45. The third-order valence-electron chi connectivity index (χ3n) is 6.71. The Kier molecular flexibility index (Phi) is 6.34. The summed E-state index contributed by atoms with van der Waals surface area (Å²) in [6, 6.07) is 9.06. The first-order chi connectivity index (χ1) is 15.9. The summed E-state index contributed by atoms with van der Waals surface area (Å²) < 4.78 is 29.3. The largest absolute Gasteiger partial charge is 0.295 e. The van der Waals surface area contributed by atoms with Crippen LogP contribution in [0.15, 0.2) is 40.0 Å². The van der Waals surface area contributed by atoms with E-state index in [1.54, 1.807) is 16.4 Å². The molecule has 0 bridgehead atoms. The van der Waals surface area contributed by atoms with Crippen molar-refractivity contribution in [1.82, 2.24) is 23.8 Å². The number of sulfonamides is 1. The van der Waals surface area contributed by atoms with Crippen LogP contribution in [0, 0.1) is 6.92 Å². The van der Waals surface area contributed by atoms with Crippen molar-refractivity contribution in [3.8, 4) is 0 Å². The highest BCUT2D eigenvalue weighted by Gasteiger charge is 2.29. The molecule has 1 aliphatic heterocycles. The maximum Gasteiger partial charge on any atom is 0.275 e. The predicted octanol–water partition coefficient (Wildman–Crippen LogP) is 3.01. The Bertz CT molecular complexity index is 1290. The summed E-state index contributed by atoms with van der Waals surface area (Å²) in [6.45, 7) is 4.42. The van der Waals surface area contributed by atoms with E-state index in [9.17, 15) is 13.2 Å². The lowest BCUT2D eigenvalue weighted by Crippen LogP contribution is -2.48. The van der Waals surface area contributed by atoms with Gasteiger partial charge in [0.15, 0.2) is 0 Å². The first-order valence-electron chi connectivity index (χ1n) is 11.6. The molecule has 0 N–H and O–H groups in total. The summed E-state index contributed by atoms with van der Waals surface area (Å²) in [5.41, 5.74) is 1.77. The van der Waals surface area contributed by atoms with Gasteiger partial charge in [-0.15, -0.1) is 0 Å². The average molecular weight is 488 g/mol. The standard InChI is InChI=1S/C23H29N5O3S2/c1-17-25-28-22(29)15-20(24-23(28)32-17)16-26-11-13-27(14-12-26)33(30,31)21-9-7-19(8-10-21)18-5-3-2-4-6-18/h7-10,15,18H,2-6,11-14,16H2,1H3. The fraction of sp³-hybridized carbons (Fsp3) is 0.522. The van der Waals surface area contributed by atoms with Crippen LogP contribution in [0.1, 0.15) is 54.3 Å². The summed E-state index contributed by atoms with van der Waals surface area (Å²) in [5, 5.41) is 4.97. The SMILES string of the molecule is Cc1nn2c(=O)cc(CN3CCN(S(=O)(=O)c4ccc(C5CCCCC5)cc4)CC3)nc2s1. The molecule has 1 saturated carbocycles. The summed E-state index contributed by atoms with van der Waals surface area (Å²) in [7, 11) is -3.51. The van der Waals surface area contributed by atoms with Gasteiger partial charge in [0.05, 0.1) is 10.6 Å². The van der Waals surface area contributed by atoms with E-state index in [4.69, 9.17) is 0 Å². The van der Waals surface area contributed by atoms with Gasteiger partial charge < -0.3 is 0 Å². The van der Waals surface area contributed by atoms with E-state index in [0.29, 0.717) is 54.2 Å². The van der Waals surface area contributed by atoms with Crippen molar-refractivity contribution in [3.05, 3.63) is 57.0 Å². The van der Waals surface area contributed by atoms with Crippen LogP contribution in [0.4, 0.5) is 0 Å². The van der Waals surface area contributed by atoms with E-state index in [0.717, 1.165) is 5.01 Å². The van der Waals surface area contributed by atoms with Gasteiger partial charge in [-0.1, -0.05) is 42.7 Å². The molecule has 1 saturated heterocycles. The molecule has 8 nitrogen and oxygen atoms in total. The van der Waals surface area contributed by atoms with E-state index >= 15 is 0 Å². The molecule has 176 valence electrons. The first kappa shape index (κ1) is 22.6. The van der Waals surface area contributed by atoms with Crippen LogP contribution in [-0.4, -0.2) is 58.4 Å². The number of aromatic nitrogens is 3. The van der Waals surface area contributed by atoms with Crippen molar-refractivity contribution >= 4 is 26.3 Å². The number of piperazine rings is 1.